The van der Waals surface area contributed by atoms with Crippen molar-refractivity contribution in [1.82, 2.24) is 9.97 Å². The molecule has 1 fully saturated rings. The van der Waals surface area contributed by atoms with Crippen molar-refractivity contribution in [3.63, 3.8) is 0 Å². The minimum absolute atomic E-state index is 0.196. The van der Waals surface area contributed by atoms with Crippen molar-refractivity contribution in [3.05, 3.63) is 48.4 Å². The quantitative estimate of drug-likeness (QED) is 0.851. The number of nitrogens with zero attached hydrogens (tertiary/aromatic N) is 4. The molecule has 0 bridgehead atoms. The first-order valence-electron chi connectivity index (χ1n) is 8.05. The second kappa shape index (κ2) is 6.77. The lowest BCUT2D eigenvalue weighted by molar-refractivity contribution is -0.117. The average Bonchev–Trinajstić information content (AvgIpc) is 2.95. The molecular weight excluding hydrogens is 288 g/mol. The van der Waals surface area contributed by atoms with Gasteiger partial charge in [-0.15, -0.1) is 0 Å². The van der Waals surface area contributed by atoms with Crippen molar-refractivity contribution in [1.29, 1.82) is 0 Å². The maximum Gasteiger partial charge on any atom is 0.227 e. The number of rotatable bonds is 5. The Labute approximate surface area is 137 Å². The Balaban J connectivity index is 1.69. The number of aromatic nitrogens is 2. The zero-order valence-corrected chi connectivity index (χ0v) is 13.6. The molecule has 2 heterocycles. The van der Waals surface area contributed by atoms with Gasteiger partial charge in [0.25, 0.3) is 0 Å². The Bertz CT molecular complexity index is 674. The maximum absolute atomic E-state index is 12.3. The molecule has 1 saturated heterocycles. The van der Waals surface area contributed by atoms with Crippen LogP contribution in [-0.4, -0.2) is 36.0 Å². The first kappa shape index (κ1) is 15.5. The molecule has 0 aliphatic carbocycles. The van der Waals surface area contributed by atoms with Crippen LogP contribution in [0.4, 0.5) is 11.5 Å². The smallest absolute Gasteiger partial charge is 0.227 e. The number of para-hydroxylation sites is 1. The Kier molecular flexibility index (Phi) is 4.55. The Morgan fingerprint density at radius 2 is 2.04 bits per heavy atom. The minimum atomic E-state index is 0.196. The van der Waals surface area contributed by atoms with E-state index in [1.165, 1.54) is 0 Å². The van der Waals surface area contributed by atoms with Crippen LogP contribution in [-0.2, 0) is 11.2 Å². The summed E-state index contributed by atoms with van der Waals surface area (Å²) in [5, 5.41) is 0. The van der Waals surface area contributed by atoms with E-state index >= 15 is 0 Å². The van der Waals surface area contributed by atoms with E-state index in [9.17, 15) is 4.79 Å². The number of carbonyl (C=O) groups is 1. The van der Waals surface area contributed by atoms with Crippen LogP contribution in [0.15, 0.2) is 42.7 Å². The lowest BCUT2D eigenvalue weighted by Crippen LogP contribution is -2.24. The van der Waals surface area contributed by atoms with Crippen LogP contribution in [0.5, 0.6) is 0 Å². The molecule has 0 radical (unpaired) electrons. The highest BCUT2D eigenvalue weighted by molar-refractivity contribution is 5.95. The van der Waals surface area contributed by atoms with E-state index < -0.39 is 0 Å². The molecule has 1 aliphatic rings. The minimum Gasteiger partial charge on any atom is -0.360 e. The van der Waals surface area contributed by atoms with Gasteiger partial charge in [-0.1, -0.05) is 18.2 Å². The molecule has 5 nitrogen and oxygen atoms in total. The zero-order chi connectivity index (χ0) is 16.2. The molecule has 1 amide bonds. The van der Waals surface area contributed by atoms with E-state index in [1.807, 2.05) is 48.3 Å². The Morgan fingerprint density at radius 1 is 1.26 bits per heavy atom. The summed E-state index contributed by atoms with van der Waals surface area (Å²) in [4.78, 5) is 24.9. The van der Waals surface area contributed by atoms with E-state index in [4.69, 9.17) is 0 Å². The van der Waals surface area contributed by atoms with Crippen LogP contribution in [0, 0.1) is 5.92 Å². The number of hydrogen-bond donors (Lipinski definition) is 0. The van der Waals surface area contributed by atoms with Crippen molar-refractivity contribution in [2.75, 3.05) is 29.9 Å². The lowest BCUT2D eigenvalue weighted by atomic mass is 10.0. The van der Waals surface area contributed by atoms with Crippen LogP contribution in [0.25, 0.3) is 0 Å². The fourth-order valence-electron chi connectivity index (χ4n) is 2.94. The summed E-state index contributed by atoms with van der Waals surface area (Å²) in [6, 6.07) is 11.9. The fraction of sp³-hybridized carbons (Fsp3) is 0.389. The van der Waals surface area contributed by atoms with Gasteiger partial charge in [0, 0.05) is 44.0 Å². The van der Waals surface area contributed by atoms with Crippen molar-refractivity contribution in [3.8, 4) is 0 Å². The number of anilines is 2. The molecule has 5 heteroatoms. The molecular formula is C18H22N4O. The van der Waals surface area contributed by atoms with Gasteiger partial charge >= 0.3 is 0 Å². The first-order chi connectivity index (χ1) is 11.2. The third-order valence-corrected chi connectivity index (χ3v) is 4.35. The monoisotopic (exact) mass is 310 g/mol. The van der Waals surface area contributed by atoms with Crippen molar-refractivity contribution >= 4 is 17.4 Å². The third-order valence-electron chi connectivity index (χ3n) is 4.35. The number of carbonyl (C=O) groups excluding carboxylic acids is 1. The second-order valence-corrected chi connectivity index (χ2v) is 6.00. The molecule has 0 N–H and O–H groups in total. The van der Waals surface area contributed by atoms with Gasteiger partial charge in [-0.05, 0) is 31.4 Å². The summed E-state index contributed by atoms with van der Waals surface area (Å²) in [5.74, 6) is 1.43. The predicted octanol–water partition coefficient (Wildman–Crippen LogP) is 2.53. The molecule has 0 unspecified atom stereocenters. The lowest BCUT2D eigenvalue weighted by Gasteiger charge is -2.17. The van der Waals surface area contributed by atoms with Crippen LogP contribution in [0.3, 0.4) is 0 Å². The van der Waals surface area contributed by atoms with E-state index in [-0.39, 0.29) is 5.91 Å². The van der Waals surface area contributed by atoms with Gasteiger partial charge in [0.15, 0.2) is 0 Å². The summed E-state index contributed by atoms with van der Waals surface area (Å²) in [6.45, 7) is 3.75. The van der Waals surface area contributed by atoms with Gasteiger partial charge in [-0.2, -0.15) is 0 Å². The molecule has 23 heavy (non-hydrogen) atoms. The Hall–Kier alpha value is -2.43. The molecule has 3 rings (SSSR count). The molecule has 1 aromatic heterocycles. The zero-order valence-electron chi connectivity index (χ0n) is 13.6. The van der Waals surface area contributed by atoms with Crippen molar-refractivity contribution < 1.29 is 4.79 Å². The second-order valence-electron chi connectivity index (χ2n) is 6.00. The predicted molar refractivity (Wildman–Crippen MR) is 91.6 cm³/mol. The highest BCUT2D eigenvalue weighted by Crippen LogP contribution is 2.27. The summed E-state index contributed by atoms with van der Waals surface area (Å²) in [5.41, 5.74) is 1.98. The first-order valence-corrected chi connectivity index (χ1v) is 8.05. The highest BCUT2D eigenvalue weighted by atomic mass is 16.2. The maximum atomic E-state index is 12.3. The van der Waals surface area contributed by atoms with Crippen LogP contribution in [0.1, 0.15) is 19.0 Å². The molecule has 2 aromatic rings. The number of amides is 1. The number of benzene rings is 1. The van der Waals surface area contributed by atoms with Gasteiger partial charge in [0.1, 0.15) is 12.1 Å². The highest BCUT2D eigenvalue weighted by Gasteiger charge is 2.30. The van der Waals surface area contributed by atoms with Gasteiger partial charge in [-0.25, -0.2) is 9.97 Å². The van der Waals surface area contributed by atoms with Crippen LogP contribution in [0.2, 0.25) is 0 Å². The summed E-state index contributed by atoms with van der Waals surface area (Å²) in [7, 11) is 2.02. The average molecular weight is 310 g/mol. The molecule has 0 spiro atoms. The molecule has 1 aromatic carbocycles. The van der Waals surface area contributed by atoms with Crippen molar-refractivity contribution in [2.24, 2.45) is 5.92 Å². The van der Waals surface area contributed by atoms with Gasteiger partial charge in [0.05, 0.1) is 0 Å². The van der Waals surface area contributed by atoms with Crippen LogP contribution >= 0.6 is 0 Å². The molecule has 120 valence electrons. The molecule has 0 saturated carbocycles. The van der Waals surface area contributed by atoms with E-state index in [0.29, 0.717) is 12.3 Å². The fourth-order valence-corrected chi connectivity index (χ4v) is 2.94. The largest absolute Gasteiger partial charge is 0.360 e. The van der Waals surface area contributed by atoms with Crippen molar-refractivity contribution in [2.45, 2.75) is 19.8 Å². The van der Waals surface area contributed by atoms with Gasteiger partial charge in [-0.3, -0.25) is 4.79 Å². The molecule has 1 atom stereocenters. The Morgan fingerprint density at radius 3 is 2.78 bits per heavy atom. The topological polar surface area (TPSA) is 49.3 Å². The van der Waals surface area contributed by atoms with E-state index in [1.54, 1.807) is 6.33 Å². The third kappa shape index (κ3) is 3.50. The van der Waals surface area contributed by atoms with Gasteiger partial charge in [0.2, 0.25) is 5.91 Å². The van der Waals surface area contributed by atoms with Gasteiger partial charge < -0.3 is 9.80 Å². The summed E-state index contributed by atoms with van der Waals surface area (Å²) in [6.07, 6.45) is 3.00. The molecule has 1 aliphatic heterocycles. The number of hydrogen-bond acceptors (Lipinski definition) is 4. The summed E-state index contributed by atoms with van der Waals surface area (Å²) >= 11 is 0. The van der Waals surface area contributed by atoms with E-state index in [0.717, 1.165) is 36.7 Å². The SMILES string of the molecule is CCN(C)c1cc(C[C@@H]2CC(=O)N(c3ccccc3)C2)ncn1. The standard InChI is InChI=1S/C18H22N4O/c1-3-21(2)17-11-15(19-13-20-17)9-14-10-18(23)22(12-14)16-7-5-4-6-8-16/h4-8,11,13-14H,3,9-10,12H2,1-2H3/t14-/m1/s1. The summed E-state index contributed by atoms with van der Waals surface area (Å²) < 4.78 is 0. The van der Waals surface area contributed by atoms with E-state index in [2.05, 4.69) is 21.8 Å². The normalized spacial score (nSPS) is 17.6. The van der Waals surface area contributed by atoms with Crippen LogP contribution < -0.4 is 9.80 Å².